The largest absolute Gasteiger partial charge is 0.478 e. The van der Waals surface area contributed by atoms with Crippen LogP contribution in [0.25, 0.3) is 11.1 Å². The number of aromatic carboxylic acids is 1. The van der Waals surface area contributed by atoms with Crippen molar-refractivity contribution in [2.24, 2.45) is 14.1 Å². The van der Waals surface area contributed by atoms with Crippen molar-refractivity contribution in [3.05, 3.63) is 116 Å². The van der Waals surface area contributed by atoms with Gasteiger partial charge in [0, 0.05) is 101 Å². The van der Waals surface area contributed by atoms with Crippen molar-refractivity contribution in [1.29, 1.82) is 0 Å². The van der Waals surface area contributed by atoms with Crippen molar-refractivity contribution >= 4 is 52.4 Å². The van der Waals surface area contributed by atoms with Gasteiger partial charge in [-0.05, 0) is 49.1 Å². The molecule has 13 nitrogen and oxygen atoms in total. The summed E-state index contributed by atoms with van der Waals surface area (Å²) in [5.74, 6) is -1.08. The Hall–Kier alpha value is -5.05. The fourth-order valence-corrected chi connectivity index (χ4v) is 8.77. The molecule has 1 fully saturated rings. The second kappa shape index (κ2) is 16.4. The number of carbonyl (C=O) groups is 3. The fourth-order valence-electron chi connectivity index (χ4n) is 8.22. The summed E-state index contributed by atoms with van der Waals surface area (Å²) in [6.45, 7) is 5.38. The molecule has 2 amide bonds. The highest BCUT2D eigenvalue weighted by atomic mass is 35.5. The van der Waals surface area contributed by atoms with Gasteiger partial charge in [0.1, 0.15) is 0 Å². The monoisotopic (exact) mass is 810 g/mol. The van der Waals surface area contributed by atoms with E-state index in [1.54, 1.807) is 36.4 Å². The number of fused-ring (bicyclic) bond motifs is 2. The van der Waals surface area contributed by atoms with Crippen LogP contribution in [0.3, 0.4) is 0 Å². The summed E-state index contributed by atoms with van der Waals surface area (Å²) >= 11 is 13.9. The van der Waals surface area contributed by atoms with Crippen LogP contribution in [-0.2, 0) is 51.2 Å². The topological polar surface area (TPSA) is 147 Å². The van der Waals surface area contributed by atoms with E-state index in [0.29, 0.717) is 57.5 Å². The van der Waals surface area contributed by atoms with E-state index in [0.717, 1.165) is 93.3 Å². The fraction of sp³-hybridized carbons (Fsp3) is 0.357. The Morgan fingerprint density at radius 1 is 0.772 bits per heavy atom. The molecule has 0 aliphatic carbocycles. The van der Waals surface area contributed by atoms with Gasteiger partial charge in [0.05, 0.1) is 38.4 Å². The zero-order chi connectivity index (χ0) is 39.8. The minimum absolute atomic E-state index is 0.268. The van der Waals surface area contributed by atoms with Gasteiger partial charge < -0.3 is 29.6 Å². The SMILES string of the molecule is Cn1c(C(=O)Nc2cccc(-c3cccc(NC(=O)c4nc5c(n4C)CCN(C4CCOCC4)C5)c3Cl)c2Cl)nc2c1CCN(CCc1ccc(C(=O)O)cc1)C2. The third-order valence-corrected chi connectivity index (χ3v) is 12.2. The number of carboxylic acid groups (broad SMARTS) is 1. The van der Waals surface area contributed by atoms with E-state index in [4.69, 9.17) is 37.9 Å². The maximum atomic E-state index is 13.7. The number of benzene rings is 3. The van der Waals surface area contributed by atoms with Gasteiger partial charge in [-0.1, -0.05) is 59.6 Å². The molecule has 5 aromatic rings. The Labute approximate surface area is 340 Å². The average Bonchev–Trinajstić information content (AvgIpc) is 3.74. The lowest BCUT2D eigenvalue weighted by atomic mass is 10.0. The molecule has 5 heterocycles. The van der Waals surface area contributed by atoms with E-state index in [9.17, 15) is 19.5 Å². The number of amides is 2. The van der Waals surface area contributed by atoms with Crippen molar-refractivity contribution in [1.82, 2.24) is 28.9 Å². The van der Waals surface area contributed by atoms with Crippen LogP contribution in [0, 0.1) is 0 Å². The molecule has 0 unspecified atom stereocenters. The number of rotatable bonds is 10. The van der Waals surface area contributed by atoms with Crippen LogP contribution in [0.2, 0.25) is 10.0 Å². The number of hydrogen-bond acceptors (Lipinski definition) is 8. The van der Waals surface area contributed by atoms with Crippen LogP contribution in [0.1, 0.15) is 72.8 Å². The molecule has 57 heavy (non-hydrogen) atoms. The number of carboxylic acids is 1. The lowest BCUT2D eigenvalue weighted by molar-refractivity contribution is 0.0283. The number of nitrogens with one attached hydrogen (secondary N) is 2. The molecule has 0 bridgehead atoms. The molecule has 3 aliphatic heterocycles. The van der Waals surface area contributed by atoms with Crippen LogP contribution < -0.4 is 10.6 Å². The van der Waals surface area contributed by atoms with Gasteiger partial charge in [-0.2, -0.15) is 0 Å². The van der Waals surface area contributed by atoms with Crippen LogP contribution in [0.5, 0.6) is 0 Å². The molecule has 2 aromatic heterocycles. The summed E-state index contributed by atoms with van der Waals surface area (Å²) in [5.41, 5.74) is 7.18. The van der Waals surface area contributed by atoms with Crippen LogP contribution in [0.4, 0.5) is 11.4 Å². The smallest absolute Gasteiger partial charge is 0.335 e. The summed E-state index contributed by atoms with van der Waals surface area (Å²) in [5, 5.41) is 15.7. The lowest BCUT2D eigenvalue weighted by Gasteiger charge is -2.36. The molecule has 3 aliphatic rings. The second-order valence-corrected chi connectivity index (χ2v) is 15.6. The van der Waals surface area contributed by atoms with Crippen molar-refractivity contribution < 1.29 is 24.2 Å². The van der Waals surface area contributed by atoms with E-state index in [1.165, 1.54) is 0 Å². The summed E-state index contributed by atoms with van der Waals surface area (Å²) in [4.78, 5) is 52.8. The third kappa shape index (κ3) is 7.95. The second-order valence-electron chi connectivity index (χ2n) is 14.9. The molecule has 0 atom stereocenters. The maximum Gasteiger partial charge on any atom is 0.335 e. The first-order valence-electron chi connectivity index (χ1n) is 19.2. The molecule has 0 radical (unpaired) electrons. The summed E-state index contributed by atoms with van der Waals surface area (Å²) < 4.78 is 9.28. The van der Waals surface area contributed by atoms with Crippen LogP contribution in [-0.4, -0.2) is 90.7 Å². The predicted molar refractivity (Wildman–Crippen MR) is 218 cm³/mol. The predicted octanol–water partition coefficient (Wildman–Crippen LogP) is 6.47. The van der Waals surface area contributed by atoms with E-state index in [-0.39, 0.29) is 17.3 Å². The maximum absolute atomic E-state index is 13.7. The number of anilines is 2. The van der Waals surface area contributed by atoms with Crippen LogP contribution >= 0.6 is 23.2 Å². The molecule has 15 heteroatoms. The highest BCUT2D eigenvalue weighted by Gasteiger charge is 2.31. The molecule has 3 N–H and O–H groups in total. The number of ether oxygens (including phenoxy) is 1. The number of halogens is 2. The Morgan fingerprint density at radius 3 is 1.88 bits per heavy atom. The van der Waals surface area contributed by atoms with Gasteiger partial charge in [0.15, 0.2) is 11.6 Å². The molecule has 0 spiro atoms. The molecule has 296 valence electrons. The Kier molecular flexibility index (Phi) is 11.2. The first-order chi connectivity index (χ1) is 27.5. The van der Waals surface area contributed by atoms with Gasteiger partial charge in [-0.15, -0.1) is 0 Å². The van der Waals surface area contributed by atoms with Crippen LogP contribution in [0.15, 0.2) is 60.7 Å². The normalized spacial score (nSPS) is 16.2. The molecule has 0 saturated carbocycles. The van der Waals surface area contributed by atoms with Crippen molar-refractivity contribution in [3.8, 4) is 11.1 Å². The Morgan fingerprint density at radius 2 is 1.32 bits per heavy atom. The summed E-state index contributed by atoms with van der Waals surface area (Å²) in [6, 6.07) is 18.1. The first kappa shape index (κ1) is 38.8. The first-order valence-corrected chi connectivity index (χ1v) is 20.0. The molecular formula is C42H44Cl2N8O5. The number of carbonyl (C=O) groups excluding carboxylic acids is 2. The number of imidazole rings is 2. The third-order valence-electron chi connectivity index (χ3n) is 11.4. The van der Waals surface area contributed by atoms with E-state index >= 15 is 0 Å². The zero-order valence-corrected chi connectivity index (χ0v) is 33.4. The van der Waals surface area contributed by atoms with E-state index in [2.05, 4.69) is 20.4 Å². The standard InChI is InChI=1S/C42H44Cl2N8O5/c1-49-34-14-19-51(18-13-25-9-11-26(12-10-25)42(55)56)23-32(34)45-38(49)40(53)47-30-7-3-5-28(36(30)43)29-6-4-8-31(37(29)44)48-41(54)39-46-33-24-52(20-15-35(33)50(39)2)27-16-21-57-22-17-27/h3-12,27H,13-24H2,1-2H3,(H,47,53)(H,48,54)(H,55,56). The Bertz CT molecular complexity index is 2350. The highest BCUT2D eigenvalue weighted by molar-refractivity contribution is 6.40. The number of aromatic nitrogens is 4. The van der Waals surface area contributed by atoms with Gasteiger partial charge in [0.25, 0.3) is 11.8 Å². The van der Waals surface area contributed by atoms with Gasteiger partial charge in [0.2, 0.25) is 0 Å². The van der Waals surface area contributed by atoms with E-state index in [1.807, 2.05) is 47.5 Å². The molecular weight excluding hydrogens is 767 g/mol. The lowest BCUT2D eigenvalue weighted by Crippen LogP contribution is -2.42. The summed E-state index contributed by atoms with van der Waals surface area (Å²) in [7, 11) is 3.73. The zero-order valence-electron chi connectivity index (χ0n) is 31.9. The number of nitrogens with zero attached hydrogens (tertiary/aromatic N) is 6. The summed E-state index contributed by atoms with van der Waals surface area (Å²) in [6.07, 6.45) is 4.35. The quantitative estimate of drug-likeness (QED) is 0.145. The highest BCUT2D eigenvalue weighted by Crippen LogP contribution is 2.40. The van der Waals surface area contributed by atoms with Gasteiger partial charge >= 0.3 is 5.97 Å². The number of hydrogen-bond donors (Lipinski definition) is 3. The van der Waals surface area contributed by atoms with Crippen molar-refractivity contribution in [2.75, 3.05) is 43.5 Å². The average molecular weight is 812 g/mol. The van der Waals surface area contributed by atoms with E-state index < -0.39 is 11.9 Å². The van der Waals surface area contributed by atoms with Crippen molar-refractivity contribution in [3.63, 3.8) is 0 Å². The molecule has 1 saturated heterocycles. The Balaban J connectivity index is 0.936. The van der Waals surface area contributed by atoms with Gasteiger partial charge in [-0.3, -0.25) is 19.4 Å². The molecule has 3 aromatic carbocycles. The minimum atomic E-state index is -0.940. The molecule has 8 rings (SSSR count). The van der Waals surface area contributed by atoms with Gasteiger partial charge in [-0.25, -0.2) is 14.8 Å². The minimum Gasteiger partial charge on any atom is -0.478 e. The van der Waals surface area contributed by atoms with Crippen molar-refractivity contribution in [2.45, 2.75) is 51.2 Å².